The van der Waals surface area contributed by atoms with Gasteiger partial charge < -0.3 is 20.3 Å². The molecule has 0 saturated carbocycles. The van der Waals surface area contributed by atoms with Crippen LogP contribution in [0, 0.1) is 5.92 Å². The summed E-state index contributed by atoms with van der Waals surface area (Å²) in [6.45, 7) is 1.71. The Morgan fingerprint density at radius 2 is 1.86 bits per heavy atom. The SMILES string of the molecule is COc1ccc(CCNC(=O)C2CCCN(C(=O)Nc3ccccc3)C2)cc1. The van der Waals surface area contributed by atoms with Crippen LogP contribution in [0.3, 0.4) is 0 Å². The summed E-state index contributed by atoms with van der Waals surface area (Å²) >= 11 is 0. The van der Waals surface area contributed by atoms with Crippen molar-refractivity contribution in [3.05, 3.63) is 60.2 Å². The topological polar surface area (TPSA) is 70.7 Å². The highest BCUT2D eigenvalue weighted by Gasteiger charge is 2.28. The second-order valence-corrected chi connectivity index (χ2v) is 6.97. The Morgan fingerprint density at radius 1 is 1.11 bits per heavy atom. The van der Waals surface area contributed by atoms with Gasteiger partial charge in [0.15, 0.2) is 0 Å². The summed E-state index contributed by atoms with van der Waals surface area (Å²) in [6, 6.07) is 17.1. The van der Waals surface area contributed by atoms with Gasteiger partial charge in [0.2, 0.25) is 5.91 Å². The fraction of sp³-hybridized carbons (Fsp3) is 0.364. The molecule has 2 N–H and O–H groups in total. The molecular weight excluding hydrogens is 354 g/mol. The van der Waals surface area contributed by atoms with Crippen LogP contribution in [0.25, 0.3) is 0 Å². The summed E-state index contributed by atoms with van der Waals surface area (Å²) in [5.41, 5.74) is 1.91. The normalized spacial score (nSPS) is 16.3. The number of hydrogen-bond acceptors (Lipinski definition) is 3. The lowest BCUT2D eigenvalue weighted by atomic mass is 9.97. The van der Waals surface area contributed by atoms with Gasteiger partial charge in [0, 0.05) is 25.3 Å². The molecule has 1 aliphatic heterocycles. The maximum absolute atomic E-state index is 12.5. The first kappa shape index (κ1) is 19.7. The molecule has 3 amide bonds. The highest BCUT2D eigenvalue weighted by Crippen LogP contribution is 2.18. The zero-order chi connectivity index (χ0) is 19.8. The number of piperidine rings is 1. The first-order valence-corrected chi connectivity index (χ1v) is 9.67. The number of rotatable bonds is 6. The van der Waals surface area contributed by atoms with Crippen molar-refractivity contribution in [3.63, 3.8) is 0 Å². The van der Waals surface area contributed by atoms with Gasteiger partial charge in [-0.1, -0.05) is 30.3 Å². The second-order valence-electron chi connectivity index (χ2n) is 6.97. The van der Waals surface area contributed by atoms with E-state index in [0.717, 1.165) is 36.3 Å². The number of hydrogen-bond donors (Lipinski definition) is 2. The number of methoxy groups -OCH3 is 1. The van der Waals surface area contributed by atoms with E-state index in [-0.39, 0.29) is 17.9 Å². The minimum absolute atomic E-state index is 0.0192. The molecule has 0 spiro atoms. The van der Waals surface area contributed by atoms with Gasteiger partial charge in [-0.15, -0.1) is 0 Å². The standard InChI is InChI=1S/C22H27N3O3/c1-28-20-11-9-17(10-12-20)13-14-23-21(26)18-6-5-15-25(16-18)22(27)24-19-7-3-2-4-8-19/h2-4,7-12,18H,5-6,13-16H2,1H3,(H,23,26)(H,24,27). The van der Waals surface area contributed by atoms with Gasteiger partial charge in [-0.2, -0.15) is 0 Å². The quantitative estimate of drug-likeness (QED) is 0.807. The van der Waals surface area contributed by atoms with Gasteiger partial charge in [0.25, 0.3) is 0 Å². The Hall–Kier alpha value is -3.02. The monoisotopic (exact) mass is 381 g/mol. The molecule has 2 aromatic rings. The average molecular weight is 381 g/mol. The number of ether oxygens (including phenoxy) is 1. The highest BCUT2D eigenvalue weighted by atomic mass is 16.5. The molecule has 0 aliphatic carbocycles. The van der Waals surface area contributed by atoms with Gasteiger partial charge >= 0.3 is 6.03 Å². The van der Waals surface area contributed by atoms with Crippen molar-refractivity contribution in [3.8, 4) is 5.75 Å². The van der Waals surface area contributed by atoms with E-state index in [4.69, 9.17) is 4.74 Å². The van der Waals surface area contributed by atoms with E-state index in [2.05, 4.69) is 10.6 Å². The molecule has 3 rings (SSSR count). The van der Waals surface area contributed by atoms with Crippen LogP contribution in [-0.2, 0) is 11.2 Å². The molecule has 1 heterocycles. The first-order chi connectivity index (χ1) is 13.7. The number of carbonyl (C=O) groups excluding carboxylic acids is 2. The van der Waals surface area contributed by atoms with E-state index in [0.29, 0.717) is 19.6 Å². The largest absolute Gasteiger partial charge is 0.497 e. The van der Waals surface area contributed by atoms with Crippen LogP contribution >= 0.6 is 0 Å². The van der Waals surface area contributed by atoms with Gasteiger partial charge in [0.05, 0.1) is 13.0 Å². The minimum atomic E-state index is -0.161. The molecule has 1 saturated heterocycles. The lowest BCUT2D eigenvalue weighted by Crippen LogP contribution is -2.47. The molecule has 6 nitrogen and oxygen atoms in total. The van der Waals surface area contributed by atoms with Crippen molar-refractivity contribution < 1.29 is 14.3 Å². The van der Waals surface area contributed by atoms with E-state index in [9.17, 15) is 9.59 Å². The summed E-state index contributed by atoms with van der Waals surface area (Å²) in [4.78, 5) is 26.7. The molecule has 6 heteroatoms. The highest BCUT2D eigenvalue weighted by molar-refractivity contribution is 5.90. The number of nitrogens with one attached hydrogen (secondary N) is 2. The maximum Gasteiger partial charge on any atom is 0.321 e. The number of benzene rings is 2. The van der Waals surface area contributed by atoms with E-state index in [1.165, 1.54) is 0 Å². The summed E-state index contributed by atoms with van der Waals surface area (Å²) in [5.74, 6) is 0.681. The molecular formula is C22H27N3O3. The zero-order valence-electron chi connectivity index (χ0n) is 16.2. The molecule has 0 radical (unpaired) electrons. The third-order valence-corrected chi connectivity index (χ3v) is 4.98. The van der Waals surface area contributed by atoms with Gasteiger partial charge in [-0.05, 0) is 49.1 Å². The second kappa shape index (κ2) is 9.78. The predicted molar refractivity (Wildman–Crippen MR) is 109 cm³/mol. The fourth-order valence-corrected chi connectivity index (χ4v) is 3.37. The Morgan fingerprint density at radius 3 is 2.57 bits per heavy atom. The molecule has 28 heavy (non-hydrogen) atoms. The molecule has 1 fully saturated rings. The first-order valence-electron chi connectivity index (χ1n) is 9.67. The third kappa shape index (κ3) is 5.49. The lowest BCUT2D eigenvalue weighted by molar-refractivity contribution is -0.126. The number of nitrogens with zero attached hydrogens (tertiary/aromatic N) is 1. The Bertz CT molecular complexity index is 777. The van der Waals surface area contributed by atoms with Crippen LogP contribution in [0.2, 0.25) is 0 Å². The van der Waals surface area contributed by atoms with Crippen LogP contribution in [0.15, 0.2) is 54.6 Å². The molecule has 1 unspecified atom stereocenters. The fourth-order valence-electron chi connectivity index (χ4n) is 3.37. The summed E-state index contributed by atoms with van der Waals surface area (Å²) in [6.07, 6.45) is 2.41. The van der Waals surface area contributed by atoms with Crippen molar-refractivity contribution >= 4 is 17.6 Å². The van der Waals surface area contributed by atoms with E-state index in [1.807, 2.05) is 54.6 Å². The van der Waals surface area contributed by atoms with Crippen LogP contribution in [0.1, 0.15) is 18.4 Å². The van der Waals surface area contributed by atoms with Gasteiger partial charge in [0.1, 0.15) is 5.75 Å². The Labute approximate surface area is 165 Å². The summed E-state index contributed by atoms with van der Waals surface area (Å²) < 4.78 is 5.15. The van der Waals surface area contributed by atoms with Crippen LogP contribution in [0.5, 0.6) is 5.75 Å². The molecule has 148 valence electrons. The summed E-state index contributed by atoms with van der Waals surface area (Å²) in [7, 11) is 1.64. The molecule has 1 atom stereocenters. The van der Waals surface area contributed by atoms with Crippen LogP contribution in [-0.4, -0.2) is 43.6 Å². The minimum Gasteiger partial charge on any atom is -0.497 e. The predicted octanol–water partition coefficient (Wildman–Crippen LogP) is 3.30. The van der Waals surface area contributed by atoms with E-state index in [1.54, 1.807) is 12.0 Å². The van der Waals surface area contributed by atoms with Gasteiger partial charge in [-0.3, -0.25) is 4.79 Å². The van der Waals surface area contributed by atoms with Crippen molar-refractivity contribution in [2.45, 2.75) is 19.3 Å². The summed E-state index contributed by atoms with van der Waals surface area (Å²) in [5, 5.41) is 5.90. The van der Waals surface area contributed by atoms with Crippen molar-refractivity contribution in [1.29, 1.82) is 0 Å². The Kier molecular flexibility index (Phi) is 6.89. The average Bonchev–Trinajstić information content (AvgIpc) is 2.75. The van der Waals surface area contributed by atoms with Crippen LogP contribution < -0.4 is 15.4 Å². The lowest BCUT2D eigenvalue weighted by Gasteiger charge is -2.32. The number of amides is 3. The maximum atomic E-state index is 12.5. The molecule has 1 aliphatic rings. The zero-order valence-corrected chi connectivity index (χ0v) is 16.2. The van der Waals surface area contributed by atoms with E-state index < -0.39 is 0 Å². The Balaban J connectivity index is 1.45. The number of likely N-dealkylation sites (tertiary alicyclic amines) is 1. The van der Waals surface area contributed by atoms with Crippen molar-refractivity contribution in [1.82, 2.24) is 10.2 Å². The van der Waals surface area contributed by atoms with E-state index >= 15 is 0 Å². The third-order valence-electron chi connectivity index (χ3n) is 4.98. The number of urea groups is 1. The van der Waals surface area contributed by atoms with Crippen molar-refractivity contribution in [2.24, 2.45) is 5.92 Å². The molecule has 0 bridgehead atoms. The van der Waals surface area contributed by atoms with Crippen molar-refractivity contribution in [2.75, 3.05) is 32.1 Å². The number of para-hydroxylation sites is 1. The number of carbonyl (C=O) groups is 2. The smallest absolute Gasteiger partial charge is 0.321 e. The van der Waals surface area contributed by atoms with Gasteiger partial charge in [-0.25, -0.2) is 4.79 Å². The van der Waals surface area contributed by atoms with Crippen LogP contribution in [0.4, 0.5) is 10.5 Å². The molecule has 0 aromatic heterocycles. The number of anilines is 1. The molecule has 2 aromatic carbocycles.